The molecule has 0 nitrogen and oxygen atoms in total. The molecule has 4 aromatic carbocycles. The van der Waals surface area contributed by atoms with Gasteiger partial charge in [-0.3, -0.25) is 0 Å². The second-order valence-electron chi connectivity index (χ2n) is 6.97. The first-order valence-electron chi connectivity index (χ1n) is 11.6. The molecule has 0 fully saturated rings. The van der Waals surface area contributed by atoms with E-state index in [0.29, 0.717) is 0 Å². The van der Waals surface area contributed by atoms with Crippen LogP contribution in [0.15, 0.2) is 97.1 Å². The Balaban J connectivity index is 0.000000410. The average molecular weight is 469 g/mol. The van der Waals surface area contributed by atoms with Crippen LogP contribution < -0.4 is 0 Å². The van der Waals surface area contributed by atoms with Gasteiger partial charge in [0.05, 0.1) is 0 Å². The Bertz CT molecular complexity index is 730. The van der Waals surface area contributed by atoms with Crippen molar-refractivity contribution in [3.8, 4) is 0 Å². The fourth-order valence-corrected chi connectivity index (χ4v) is 2.60. The molecule has 0 aromatic heterocycles. The van der Waals surface area contributed by atoms with E-state index in [1.807, 2.05) is 72.8 Å². The van der Waals surface area contributed by atoms with Crippen LogP contribution in [-0.2, 0) is 47.4 Å². The zero-order chi connectivity index (χ0) is 23.3. The molecule has 0 radical (unpaired) electrons. The van der Waals surface area contributed by atoms with Crippen molar-refractivity contribution in [1.29, 1.82) is 0 Å². The van der Waals surface area contributed by atoms with Crippen molar-refractivity contribution in [2.24, 2.45) is 0 Å². The zero-order valence-electron chi connectivity index (χ0n) is 20.6. The number of hydrogen-bond donors (Lipinski definition) is 0. The molecule has 0 aliphatic rings. The van der Waals surface area contributed by atoms with E-state index < -0.39 is 0 Å². The van der Waals surface area contributed by atoms with Crippen LogP contribution in [0.4, 0.5) is 0 Å². The molecule has 33 heavy (non-hydrogen) atoms. The topological polar surface area (TPSA) is 0 Å². The van der Waals surface area contributed by atoms with E-state index in [2.05, 4.69) is 76.2 Å². The Kier molecular flexibility index (Phi) is 19.9. The maximum absolute atomic E-state index is 3.12. The van der Waals surface area contributed by atoms with E-state index in [1.165, 1.54) is 22.3 Å². The second kappa shape index (κ2) is 21.4. The second-order valence-corrected chi connectivity index (χ2v) is 6.97. The van der Waals surface area contributed by atoms with Gasteiger partial charge in [-0.2, -0.15) is 144 Å². The molecule has 0 spiro atoms. The van der Waals surface area contributed by atoms with Crippen LogP contribution in [0.3, 0.4) is 0 Å². The van der Waals surface area contributed by atoms with Gasteiger partial charge in [-0.15, -0.1) is 0 Å². The van der Waals surface area contributed by atoms with Crippen LogP contribution in [0.2, 0.25) is 0 Å². The van der Waals surface area contributed by atoms with Crippen LogP contribution in [-0.4, -0.2) is 0 Å². The van der Waals surface area contributed by atoms with Crippen molar-refractivity contribution in [3.63, 3.8) is 0 Å². The smallest absolute Gasteiger partial charge is 0.180 e. The Hall–Kier alpha value is -2.41. The third-order valence-electron chi connectivity index (χ3n) is 4.62. The van der Waals surface area contributed by atoms with E-state index in [9.17, 15) is 0 Å². The van der Waals surface area contributed by atoms with Gasteiger partial charge >= 0.3 is 21.7 Å². The van der Waals surface area contributed by atoms with Gasteiger partial charge in [-0.05, 0) is 0 Å². The summed E-state index contributed by atoms with van der Waals surface area (Å²) in [5, 5.41) is 0. The van der Waals surface area contributed by atoms with E-state index in [0.717, 1.165) is 25.7 Å². The number of benzene rings is 4. The molecule has 0 amide bonds. The summed E-state index contributed by atoms with van der Waals surface area (Å²) in [5.41, 5.74) is 5.14. The van der Waals surface area contributed by atoms with Gasteiger partial charge in [0, 0.05) is 0 Å². The first kappa shape index (κ1) is 30.6. The van der Waals surface area contributed by atoms with Gasteiger partial charge in [0.15, 0.2) is 0 Å². The zero-order valence-corrected chi connectivity index (χ0v) is 22.1. The van der Waals surface area contributed by atoms with Crippen molar-refractivity contribution in [2.45, 2.75) is 53.4 Å². The van der Waals surface area contributed by atoms with E-state index in [-0.39, 0.29) is 21.7 Å². The first-order valence-corrected chi connectivity index (χ1v) is 11.6. The van der Waals surface area contributed by atoms with Crippen LogP contribution in [0, 0.1) is 24.3 Å². The minimum absolute atomic E-state index is 0. The number of rotatable bonds is 4. The minimum atomic E-state index is 0. The summed E-state index contributed by atoms with van der Waals surface area (Å²) in [7, 11) is 0. The van der Waals surface area contributed by atoms with Crippen LogP contribution >= 0.6 is 0 Å². The van der Waals surface area contributed by atoms with Gasteiger partial charge in [-0.1, -0.05) is 53.4 Å². The predicted molar refractivity (Wildman–Crippen MR) is 139 cm³/mol. The monoisotopic (exact) mass is 468 g/mol. The van der Waals surface area contributed by atoms with E-state index in [1.54, 1.807) is 0 Å². The third kappa shape index (κ3) is 15.9. The minimum Gasteiger partial charge on any atom is -0.180 e. The van der Waals surface area contributed by atoms with Crippen molar-refractivity contribution < 1.29 is 21.7 Å². The molecule has 0 heterocycles. The van der Waals surface area contributed by atoms with Crippen LogP contribution in [0.5, 0.6) is 0 Å². The SMILES string of the molecule is CCc1[c-]cccc1.CCc1[c-]cccc1.CCc1[c-]cccc1.CCc1[c-]cccc1.[Ti+4]. The van der Waals surface area contributed by atoms with Crippen LogP contribution in [0.25, 0.3) is 0 Å². The number of hydrogen-bond acceptors (Lipinski definition) is 0. The maximum Gasteiger partial charge on any atom is 4.00 e. The molecular formula is C32H36Ti. The maximum atomic E-state index is 3.12. The summed E-state index contributed by atoms with van der Waals surface area (Å²) < 4.78 is 0. The van der Waals surface area contributed by atoms with Gasteiger partial charge < -0.3 is 0 Å². The molecule has 0 saturated heterocycles. The fraction of sp³-hybridized carbons (Fsp3) is 0.250. The summed E-state index contributed by atoms with van der Waals surface area (Å²) in [6.07, 6.45) is 4.34. The Morgan fingerprint density at radius 1 is 0.394 bits per heavy atom. The fourth-order valence-electron chi connectivity index (χ4n) is 2.60. The van der Waals surface area contributed by atoms with Crippen molar-refractivity contribution in [2.75, 3.05) is 0 Å². The van der Waals surface area contributed by atoms with Gasteiger partial charge in [0.1, 0.15) is 0 Å². The first-order chi connectivity index (χ1) is 15.7. The molecule has 0 atom stereocenters. The molecule has 0 saturated carbocycles. The van der Waals surface area contributed by atoms with E-state index in [4.69, 9.17) is 0 Å². The van der Waals surface area contributed by atoms with Crippen LogP contribution in [0.1, 0.15) is 49.9 Å². The molecule has 4 rings (SSSR count). The summed E-state index contributed by atoms with van der Waals surface area (Å²) >= 11 is 0. The Labute approximate surface area is 218 Å². The quantitative estimate of drug-likeness (QED) is 0.209. The van der Waals surface area contributed by atoms with Crippen molar-refractivity contribution in [1.82, 2.24) is 0 Å². The van der Waals surface area contributed by atoms with E-state index >= 15 is 0 Å². The standard InChI is InChI=1S/4C8H9.Ti/c4*1-2-8-6-4-3-5-7-8;/h4*3-6H,2H2,1H3;/q4*-1;+4. The molecule has 1 heteroatoms. The summed E-state index contributed by atoms with van der Waals surface area (Å²) in [6.45, 7) is 8.52. The summed E-state index contributed by atoms with van der Waals surface area (Å²) in [6, 6.07) is 44.7. The van der Waals surface area contributed by atoms with Crippen molar-refractivity contribution in [3.05, 3.63) is 144 Å². The van der Waals surface area contributed by atoms with Gasteiger partial charge in [-0.25, -0.2) is 0 Å². The van der Waals surface area contributed by atoms with Crippen molar-refractivity contribution >= 4 is 0 Å². The van der Waals surface area contributed by atoms with Gasteiger partial charge in [0.25, 0.3) is 0 Å². The Morgan fingerprint density at radius 3 is 0.697 bits per heavy atom. The molecule has 4 aromatic rings. The molecule has 0 aliphatic heterocycles. The average Bonchev–Trinajstić information content (AvgIpc) is 2.91. The summed E-state index contributed by atoms with van der Waals surface area (Å²) in [4.78, 5) is 0. The third-order valence-corrected chi connectivity index (χ3v) is 4.62. The van der Waals surface area contributed by atoms with Gasteiger partial charge in [0.2, 0.25) is 0 Å². The number of aryl methyl sites for hydroxylation is 4. The largest absolute Gasteiger partial charge is 4.00 e. The molecular weight excluding hydrogens is 432 g/mol. The molecule has 0 unspecified atom stereocenters. The molecule has 0 N–H and O–H groups in total. The Morgan fingerprint density at radius 2 is 0.606 bits per heavy atom. The predicted octanol–water partition coefficient (Wildman–Crippen LogP) is 8.19. The molecule has 168 valence electrons. The molecule has 0 bridgehead atoms. The summed E-state index contributed by atoms with van der Waals surface area (Å²) in [5.74, 6) is 0. The normalized spacial score (nSPS) is 8.85. The molecule has 0 aliphatic carbocycles.